The van der Waals surface area contributed by atoms with Crippen molar-refractivity contribution < 1.29 is 4.79 Å². The lowest BCUT2D eigenvalue weighted by Gasteiger charge is -2.25. The molecule has 1 amide bonds. The zero-order valence-corrected chi connectivity index (χ0v) is 14.5. The number of halogens is 1. The minimum absolute atomic E-state index is 0.0872. The molecule has 3 rings (SSSR count). The maximum Gasteiger partial charge on any atom is 0.251 e. The molecule has 1 heterocycles. The molecule has 0 fully saturated rings. The van der Waals surface area contributed by atoms with Gasteiger partial charge in [-0.05, 0) is 35.9 Å². The average molecular weight is 339 g/mol. The Hall–Kier alpha value is -2.39. The molecule has 0 atom stereocenters. The van der Waals surface area contributed by atoms with E-state index in [9.17, 15) is 4.79 Å². The Morgan fingerprint density at radius 2 is 1.83 bits per heavy atom. The number of carbonyl (C=O) groups is 1. The van der Waals surface area contributed by atoms with Crippen LogP contribution >= 0.6 is 11.6 Å². The van der Waals surface area contributed by atoms with Gasteiger partial charge in [-0.15, -0.1) is 0 Å². The molecule has 0 unspecified atom stereocenters. The third-order valence-electron chi connectivity index (χ3n) is 4.16. The van der Waals surface area contributed by atoms with Crippen LogP contribution in [0.2, 0.25) is 5.15 Å². The number of amides is 1. The van der Waals surface area contributed by atoms with Crippen LogP contribution in [0.4, 0.5) is 0 Å². The number of hydrogen-bond donors (Lipinski definition) is 1. The zero-order valence-electron chi connectivity index (χ0n) is 13.7. The Bertz CT molecular complexity index is 875. The molecule has 24 heavy (non-hydrogen) atoms. The van der Waals surface area contributed by atoms with Crippen molar-refractivity contribution >= 4 is 28.4 Å². The predicted molar refractivity (Wildman–Crippen MR) is 98.6 cm³/mol. The van der Waals surface area contributed by atoms with Crippen LogP contribution in [0.5, 0.6) is 0 Å². The third kappa shape index (κ3) is 3.57. The molecule has 0 aliphatic rings. The quantitative estimate of drug-likeness (QED) is 0.706. The van der Waals surface area contributed by atoms with Gasteiger partial charge in [0.05, 0.1) is 5.52 Å². The van der Waals surface area contributed by atoms with Crippen molar-refractivity contribution in [3.8, 4) is 0 Å². The van der Waals surface area contributed by atoms with E-state index in [1.807, 2.05) is 36.4 Å². The predicted octanol–water partition coefficient (Wildman–Crippen LogP) is 4.60. The van der Waals surface area contributed by atoms with Gasteiger partial charge in [0.25, 0.3) is 5.91 Å². The molecule has 0 aliphatic carbocycles. The molecule has 1 N–H and O–H groups in total. The SMILES string of the molecule is CC(C)(CNC(=O)c1ccc2nc(Cl)ccc2c1)c1ccccc1. The summed E-state index contributed by atoms with van der Waals surface area (Å²) < 4.78 is 0. The standard InChI is InChI=1S/C20H19ClN2O/c1-20(2,16-6-4-3-5-7-16)13-22-19(24)15-8-10-17-14(12-15)9-11-18(21)23-17/h3-12H,13H2,1-2H3,(H,22,24). The molecule has 0 spiro atoms. The van der Waals surface area contributed by atoms with Gasteiger partial charge in [-0.2, -0.15) is 0 Å². The number of carbonyl (C=O) groups excluding carboxylic acids is 1. The Morgan fingerprint density at radius 3 is 2.58 bits per heavy atom. The molecular formula is C20H19ClN2O. The Balaban J connectivity index is 1.74. The molecule has 2 aromatic carbocycles. The van der Waals surface area contributed by atoms with Crippen LogP contribution in [0.15, 0.2) is 60.7 Å². The summed E-state index contributed by atoms with van der Waals surface area (Å²) in [4.78, 5) is 16.7. The second-order valence-corrected chi connectivity index (χ2v) is 6.86. The highest BCUT2D eigenvalue weighted by Crippen LogP contribution is 2.22. The first-order valence-electron chi connectivity index (χ1n) is 7.86. The van der Waals surface area contributed by atoms with E-state index in [-0.39, 0.29) is 11.3 Å². The van der Waals surface area contributed by atoms with Crippen molar-refractivity contribution in [2.75, 3.05) is 6.54 Å². The van der Waals surface area contributed by atoms with E-state index in [0.717, 1.165) is 10.9 Å². The highest BCUT2D eigenvalue weighted by atomic mass is 35.5. The fourth-order valence-electron chi connectivity index (χ4n) is 2.64. The van der Waals surface area contributed by atoms with Crippen LogP contribution in [0, 0.1) is 0 Å². The monoisotopic (exact) mass is 338 g/mol. The molecule has 0 saturated heterocycles. The van der Waals surface area contributed by atoms with Crippen molar-refractivity contribution in [2.24, 2.45) is 0 Å². The molecule has 4 heteroatoms. The minimum Gasteiger partial charge on any atom is -0.351 e. The van der Waals surface area contributed by atoms with E-state index in [1.54, 1.807) is 12.1 Å². The summed E-state index contributed by atoms with van der Waals surface area (Å²) in [6.07, 6.45) is 0. The van der Waals surface area contributed by atoms with Crippen LogP contribution < -0.4 is 5.32 Å². The first kappa shape index (κ1) is 16.5. The number of rotatable bonds is 4. The molecule has 1 aromatic heterocycles. The van der Waals surface area contributed by atoms with E-state index in [0.29, 0.717) is 17.3 Å². The topological polar surface area (TPSA) is 42.0 Å². The highest BCUT2D eigenvalue weighted by molar-refractivity contribution is 6.29. The molecule has 3 nitrogen and oxygen atoms in total. The van der Waals surface area contributed by atoms with Crippen LogP contribution in [-0.2, 0) is 5.41 Å². The summed E-state index contributed by atoms with van der Waals surface area (Å²) in [7, 11) is 0. The van der Waals surface area contributed by atoms with E-state index >= 15 is 0 Å². The van der Waals surface area contributed by atoms with E-state index < -0.39 is 0 Å². The fraction of sp³-hybridized carbons (Fsp3) is 0.200. The summed E-state index contributed by atoms with van der Waals surface area (Å²) in [6.45, 7) is 4.80. The zero-order chi connectivity index (χ0) is 17.2. The van der Waals surface area contributed by atoms with E-state index in [1.165, 1.54) is 5.56 Å². The summed E-state index contributed by atoms with van der Waals surface area (Å²) in [5, 5.41) is 4.37. The van der Waals surface area contributed by atoms with Gasteiger partial charge in [-0.1, -0.05) is 55.8 Å². The van der Waals surface area contributed by atoms with Crippen LogP contribution in [0.1, 0.15) is 29.8 Å². The maximum absolute atomic E-state index is 12.5. The van der Waals surface area contributed by atoms with E-state index in [2.05, 4.69) is 36.3 Å². The lowest BCUT2D eigenvalue weighted by Crippen LogP contribution is -2.36. The number of nitrogens with zero attached hydrogens (tertiary/aromatic N) is 1. The van der Waals surface area contributed by atoms with Crippen molar-refractivity contribution in [1.29, 1.82) is 0 Å². The van der Waals surface area contributed by atoms with Crippen LogP contribution in [0.3, 0.4) is 0 Å². The number of benzene rings is 2. The van der Waals surface area contributed by atoms with Gasteiger partial charge in [0.1, 0.15) is 5.15 Å². The number of hydrogen-bond acceptors (Lipinski definition) is 2. The first-order valence-corrected chi connectivity index (χ1v) is 8.23. The average Bonchev–Trinajstić information content (AvgIpc) is 2.60. The Morgan fingerprint density at radius 1 is 1.08 bits per heavy atom. The van der Waals surface area contributed by atoms with Gasteiger partial charge in [-0.25, -0.2) is 4.98 Å². The molecule has 122 valence electrons. The van der Waals surface area contributed by atoms with Gasteiger partial charge in [0.2, 0.25) is 0 Å². The largest absolute Gasteiger partial charge is 0.351 e. The molecule has 0 aliphatic heterocycles. The van der Waals surface area contributed by atoms with Gasteiger partial charge in [-0.3, -0.25) is 4.79 Å². The van der Waals surface area contributed by atoms with Gasteiger partial charge in [0.15, 0.2) is 0 Å². The van der Waals surface area contributed by atoms with Crippen molar-refractivity contribution in [3.63, 3.8) is 0 Å². The van der Waals surface area contributed by atoms with E-state index in [4.69, 9.17) is 11.6 Å². The lowest BCUT2D eigenvalue weighted by molar-refractivity contribution is 0.0946. The third-order valence-corrected chi connectivity index (χ3v) is 4.37. The highest BCUT2D eigenvalue weighted by Gasteiger charge is 2.21. The van der Waals surface area contributed by atoms with Crippen LogP contribution in [0.25, 0.3) is 10.9 Å². The normalized spacial score (nSPS) is 11.5. The Kier molecular flexibility index (Phi) is 4.54. The second kappa shape index (κ2) is 6.62. The van der Waals surface area contributed by atoms with Crippen molar-refractivity contribution in [2.45, 2.75) is 19.3 Å². The lowest BCUT2D eigenvalue weighted by atomic mass is 9.84. The molecular weight excluding hydrogens is 320 g/mol. The van der Waals surface area contributed by atoms with Crippen molar-refractivity contribution in [1.82, 2.24) is 10.3 Å². The number of fused-ring (bicyclic) bond motifs is 1. The first-order chi connectivity index (χ1) is 11.5. The molecule has 0 bridgehead atoms. The van der Waals surface area contributed by atoms with Gasteiger partial charge >= 0.3 is 0 Å². The van der Waals surface area contributed by atoms with Gasteiger partial charge in [0, 0.05) is 22.9 Å². The van der Waals surface area contributed by atoms with Gasteiger partial charge < -0.3 is 5.32 Å². The summed E-state index contributed by atoms with van der Waals surface area (Å²) in [5.41, 5.74) is 2.46. The fourth-order valence-corrected chi connectivity index (χ4v) is 2.79. The smallest absolute Gasteiger partial charge is 0.251 e. The summed E-state index contributed by atoms with van der Waals surface area (Å²) >= 11 is 5.89. The molecule has 0 radical (unpaired) electrons. The minimum atomic E-state index is -0.136. The number of pyridine rings is 1. The number of aromatic nitrogens is 1. The Labute approximate surface area is 146 Å². The molecule has 0 saturated carbocycles. The molecule has 3 aromatic rings. The maximum atomic E-state index is 12.5. The van der Waals surface area contributed by atoms with Crippen molar-refractivity contribution in [3.05, 3.63) is 76.9 Å². The second-order valence-electron chi connectivity index (χ2n) is 6.47. The number of nitrogens with one attached hydrogen (secondary N) is 1. The van der Waals surface area contributed by atoms with Crippen LogP contribution in [-0.4, -0.2) is 17.4 Å². The summed E-state index contributed by atoms with van der Waals surface area (Å²) in [5.74, 6) is -0.0872. The summed E-state index contributed by atoms with van der Waals surface area (Å²) in [6, 6.07) is 19.2.